The summed E-state index contributed by atoms with van der Waals surface area (Å²) in [6.07, 6.45) is 0. The average Bonchev–Trinajstić information content (AvgIpc) is 3.06. The van der Waals surface area contributed by atoms with Crippen LogP contribution in [0.1, 0.15) is 19.4 Å². The van der Waals surface area contributed by atoms with Crippen molar-refractivity contribution in [3.8, 4) is 5.75 Å². The third-order valence-electron chi connectivity index (χ3n) is 4.61. The highest BCUT2D eigenvalue weighted by molar-refractivity contribution is 5.99. The van der Waals surface area contributed by atoms with E-state index in [4.69, 9.17) is 4.74 Å². The van der Waals surface area contributed by atoms with Crippen LogP contribution >= 0.6 is 0 Å². The molecule has 29 heavy (non-hydrogen) atoms. The van der Waals surface area contributed by atoms with Crippen molar-refractivity contribution in [2.75, 3.05) is 12.5 Å². The van der Waals surface area contributed by atoms with E-state index < -0.39 is 11.2 Å². The molecule has 3 aromatic rings. The smallest absolute Gasteiger partial charge is 0.332 e. The third kappa shape index (κ3) is 3.71. The summed E-state index contributed by atoms with van der Waals surface area (Å²) in [5.41, 5.74) is 5.15. The van der Waals surface area contributed by atoms with E-state index in [1.54, 1.807) is 18.7 Å². The fraction of sp³-hybridized carbons (Fsp3) is 0.300. The van der Waals surface area contributed by atoms with Gasteiger partial charge in [-0.2, -0.15) is 10.1 Å². The standard InChI is InChI=1S/C20H24N6O3/c1-12(2)11-26-16-17(24(4)20(28)25(5)18(16)27)21-19(26)23-22-13(3)14-7-9-15(29-6)10-8-14/h7-10H,1,11H2,2-6H3,(H,21,23). The van der Waals surface area contributed by atoms with E-state index in [0.717, 1.165) is 27.2 Å². The van der Waals surface area contributed by atoms with Crippen LogP contribution in [0, 0.1) is 0 Å². The number of methoxy groups -OCH3 is 1. The van der Waals surface area contributed by atoms with Crippen LogP contribution in [-0.4, -0.2) is 31.5 Å². The van der Waals surface area contributed by atoms with Gasteiger partial charge in [-0.25, -0.2) is 10.2 Å². The predicted molar refractivity (Wildman–Crippen MR) is 114 cm³/mol. The first-order valence-electron chi connectivity index (χ1n) is 9.00. The first-order valence-corrected chi connectivity index (χ1v) is 9.00. The van der Waals surface area contributed by atoms with E-state index in [0.29, 0.717) is 23.7 Å². The third-order valence-corrected chi connectivity index (χ3v) is 4.61. The van der Waals surface area contributed by atoms with Crippen LogP contribution in [0.15, 0.2) is 51.1 Å². The Bertz CT molecular complexity index is 1230. The van der Waals surface area contributed by atoms with Gasteiger partial charge in [0.05, 0.1) is 12.8 Å². The number of rotatable bonds is 6. The minimum absolute atomic E-state index is 0.291. The normalized spacial score (nSPS) is 11.7. The highest BCUT2D eigenvalue weighted by atomic mass is 16.5. The molecule has 9 heteroatoms. The van der Waals surface area contributed by atoms with Gasteiger partial charge in [0.15, 0.2) is 11.2 Å². The van der Waals surface area contributed by atoms with E-state index in [2.05, 4.69) is 22.1 Å². The van der Waals surface area contributed by atoms with Gasteiger partial charge in [0, 0.05) is 20.6 Å². The Balaban J connectivity index is 2.09. The molecule has 0 spiro atoms. The number of anilines is 1. The molecule has 152 valence electrons. The van der Waals surface area contributed by atoms with E-state index in [1.165, 1.54) is 11.6 Å². The molecule has 0 radical (unpaired) electrons. The van der Waals surface area contributed by atoms with Gasteiger partial charge in [0.1, 0.15) is 5.75 Å². The van der Waals surface area contributed by atoms with E-state index in [9.17, 15) is 9.59 Å². The van der Waals surface area contributed by atoms with Crippen LogP contribution in [0.5, 0.6) is 5.75 Å². The number of ether oxygens (including phenoxy) is 1. The molecule has 2 aromatic heterocycles. The molecule has 0 aliphatic carbocycles. The lowest BCUT2D eigenvalue weighted by molar-refractivity contribution is 0.415. The molecule has 2 heterocycles. The van der Waals surface area contributed by atoms with Crippen molar-refractivity contribution >= 4 is 22.8 Å². The van der Waals surface area contributed by atoms with Crippen molar-refractivity contribution in [2.24, 2.45) is 19.2 Å². The highest BCUT2D eigenvalue weighted by Gasteiger charge is 2.19. The van der Waals surface area contributed by atoms with Gasteiger partial charge in [-0.05, 0) is 43.7 Å². The van der Waals surface area contributed by atoms with E-state index >= 15 is 0 Å². The molecule has 3 rings (SSSR count). The van der Waals surface area contributed by atoms with Crippen molar-refractivity contribution in [3.63, 3.8) is 0 Å². The summed E-state index contributed by atoms with van der Waals surface area (Å²) >= 11 is 0. The molecular weight excluding hydrogens is 372 g/mol. The fourth-order valence-corrected chi connectivity index (χ4v) is 2.99. The molecule has 0 saturated heterocycles. The summed E-state index contributed by atoms with van der Waals surface area (Å²) in [4.78, 5) is 29.4. The van der Waals surface area contributed by atoms with Gasteiger partial charge in [-0.3, -0.25) is 18.5 Å². The predicted octanol–water partition coefficient (Wildman–Crippen LogP) is 1.85. The molecule has 0 bridgehead atoms. The first kappa shape index (κ1) is 20.1. The molecule has 0 atom stereocenters. The Hall–Kier alpha value is -3.62. The Morgan fingerprint density at radius 1 is 1.17 bits per heavy atom. The number of nitrogens with zero attached hydrogens (tertiary/aromatic N) is 5. The quantitative estimate of drug-likeness (QED) is 0.390. The molecule has 1 N–H and O–H groups in total. The molecule has 0 aliphatic rings. The number of imidazole rings is 1. The Kier molecular flexibility index (Phi) is 5.40. The maximum atomic E-state index is 12.7. The number of hydrazone groups is 1. The SMILES string of the molecule is C=C(C)Cn1c(NN=C(C)c2ccc(OC)cc2)nc2c1c(=O)n(C)c(=O)n2C. The van der Waals surface area contributed by atoms with Crippen LogP contribution in [0.25, 0.3) is 11.2 Å². The lowest BCUT2D eigenvalue weighted by atomic mass is 10.1. The number of hydrogen-bond donors (Lipinski definition) is 1. The molecule has 9 nitrogen and oxygen atoms in total. The van der Waals surface area contributed by atoms with Crippen molar-refractivity contribution in [1.82, 2.24) is 18.7 Å². The van der Waals surface area contributed by atoms with Crippen LogP contribution in [0.3, 0.4) is 0 Å². The second-order valence-electron chi connectivity index (χ2n) is 6.89. The van der Waals surface area contributed by atoms with Crippen LogP contribution in [0.4, 0.5) is 5.95 Å². The highest BCUT2D eigenvalue weighted by Crippen LogP contribution is 2.18. The first-order chi connectivity index (χ1) is 13.7. The molecule has 0 fully saturated rings. The van der Waals surface area contributed by atoms with Crippen LogP contribution < -0.4 is 21.4 Å². The molecule has 1 aromatic carbocycles. The molecule has 0 amide bonds. The lowest BCUT2D eigenvalue weighted by Crippen LogP contribution is -2.37. The van der Waals surface area contributed by atoms with Crippen molar-refractivity contribution < 1.29 is 4.74 Å². The zero-order valence-corrected chi connectivity index (χ0v) is 17.2. The second kappa shape index (κ2) is 7.78. The summed E-state index contributed by atoms with van der Waals surface area (Å²) in [6, 6.07) is 7.50. The summed E-state index contributed by atoms with van der Waals surface area (Å²) < 4.78 is 9.26. The van der Waals surface area contributed by atoms with E-state index in [-0.39, 0.29) is 0 Å². The topological polar surface area (TPSA) is 95.4 Å². The number of aromatic nitrogens is 4. The van der Waals surface area contributed by atoms with Crippen LogP contribution in [0.2, 0.25) is 0 Å². The van der Waals surface area contributed by atoms with Gasteiger partial charge in [0.25, 0.3) is 5.56 Å². The fourth-order valence-electron chi connectivity index (χ4n) is 2.99. The number of fused-ring (bicyclic) bond motifs is 1. The average molecular weight is 396 g/mol. The maximum absolute atomic E-state index is 12.7. The number of hydrogen-bond acceptors (Lipinski definition) is 6. The van der Waals surface area contributed by atoms with Gasteiger partial charge < -0.3 is 4.74 Å². The zero-order chi connectivity index (χ0) is 21.3. The summed E-state index contributed by atoms with van der Waals surface area (Å²) in [5, 5.41) is 4.40. The van der Waals surface area contributed by atoms with Gasteiger partial charge in [-0.1, -0.05) is 12.2 Å². The largest absolute Gasteiger partial charge is 0.497 e. The zero-order valence-electron chi connectivity index (χ0n) is 17.2. The number of aryl methyl sites for hydroxylation is 1. The molecule has 0 aliphatic heterocycles. The Morgan fingerprint density at radius 2 is 1.83 bits per heavy atom. The minimum Gasteiger partial charge on any atom is -0.497 e. The minimum atomic E-state index is -0.438. The van der Waals surface area contributed by atoms with Gasteiger partial charge in [0.2, 0.25) is 5.95 Å². The van der Waals surface area contributed by atoms with Gasteiger partial charge >= 0.3 is 5.69 Å². The lowest BCUT2D eigenvalue weighted by Gasteiger charge is -2.09. The van der Waals surface area contributed by atoms with Crippen molar-refractivity contribution in [1.29, 1.82) is 0 Å². The maximum Gasteiger partial charge on any atom is 0.332 e. The Labute approximate surface area is 167 Å². The van der Waals surface area contributed by atoms with Gasteiger partial charge in [-0.15, -0.1) is 0 Å². The number of allylic oxidation sites excluding steroid dienone is 1. The molecular formula is C20H24N6O3. The summed E-state index contributed by atoms with van der Waals surface area (Å²) in [5.74, 6) is 1.11. The number of benzene rings is 1. The monoisotopic (exact) mass is 396 g/mol. The summed E-state index contributed by atoms with van der Waals surface area (Å²) in [7, 11) is 4.64. The van der Waals surface area contributed by atoms with E-state index in [1.807, 2.05) is 38.1 Å². The Morgan fingerprint density at radius 3 is 2.41 bits per heavy atom. The van der Waals surface area contributed by atoms with Crippen molar-refractivity contribution in [3.05, 3.63) is 62.8 Å². The second-order valence-corrected chi connectivity index (χ2v) is 6.89. The molecule has 0 saturated carbocycles. The molecule has 0 unspecified atom stereocenters. The van der Waals surface area contributed by atoms with Crippen LogP contribution in [-0.2, 0) is 20.6 Å². The number of nitrogens with one attached hydrogen (secondary N) is 1. The summed E-state index contributed by atoms with van der Waals surface area (Å²) in [6.45, 7) is 8.00. The van der Waals surface area contributed by atoms with Crippen molar-refractivity contribution in [2.45, 2.75) is 20.4 Å².